The zero-order valence-corrected chi connectivity index (χ0v) is 17.9. The first-order chi connectivity index (χ1) is 13.9. The van der Waals surface area contributed by atoms with E-state index in [0.717, 1.165) is 16.9 Å². The van der Waals surface area contributed by atoms with Crippen LogP contribution in [0.1, 0.15) is 18.9 Å². The van der Waals surface area contributed by atoms with Gasteiger partial charge < -0.3 is 9.80 Å². The highest BCUT2D eigenvalue weighted by Crippen LogP contribution is 2.32. The molecule has 0 atom stereocenters. The third-order valence-corrected chi connectivity index (χ3v) is 7.73. The van der Waals surface area contributed by atoms with Crippen LogP contribution in [0.5, 0.6) is 0 Å². The average molecular weight is 434 g/mol. The molecule has 2 aromatic rings. The third kappa shape index (κ3) is 3.86. The molecule has 1 saturated heterocycles. The SMILES string of the molecule is CCC(=O)N1CCc2cc(S(=O)(=O)N3CCN(c4cccc(Cl)c4)CC3)ccc21. The number of hydrogen-bond donors (Lipinski definition) is 0. The smallest absolute Gasteiger partial charge is 0.243 e. The fraction of sp³-hybridized carbons (Fsp3) is 0.381. The second-order valence-corrected chi connectivity index (χ2v) is 9.68. The summed E-state index contributed by atoms with van der Waals surface area (Å²) in [6.45, 7) is 4.53. The number of halogens is 1. The summed E-state index contributed by atoms with van der Waals surface area (Å²) >= 11 is 6.07. The molecule has 154 valence electrons. The van der Waals surface area contributed by atoms with E-state index < -0.39 is 10.0 Å². The fourth-order valence-electron chi connectivity index (χ4n) is 4.00. The van der Waals surface area contributed by atoms with Gasteiger partial charge in [0.25, 0.3) is 0 Å². The standard InChI is InChI=1S/C21H24ClN3O3S/c1-2-21(26)25-9-8-16-14-19(6-7-20(16)25)29(27,28)24-12-10-23(11-13-24)18-5-3-4-17(22)15-18/h3-7,14-15H,2,8-13H2,1H3. The van der Waals surface area contributed by atoms with Crippen LogP contribution in [0.2, 0.25) is 5.02 Å². The molecule has 0 N–H and O–H groups in total. The van der Waals surface area contributed by atoms with Crippen molar-refractivity contribution >= 4 is 38.9 Å². The number of amides is 1. The van der Waals surface area contributed by atoms with Crippen LogP contribution in [0, 0.1) is 0 Å². The molecular weight excluding hydrogens is 410 g/mol. The van der Waals surface area contributed by atoms with Crippen LogP contribution in [0.4, 0.5) is 11.4 Å². The van der Waals surface area contributed by atoms with Gasteiger partial charge in [0.2, 0.25) is 15.9 Å². The van der Waals surface area contributed by atoms with E-state index in [1.807, 2.05) is 31.2 Å². The Hall–Kier alpha value is -2.09. The molecule has 0 saturated carbocycles. The summed E-state index contributed by atoms with van der Waals surface area (Å²) in [4.78, 5) is 16.3. The predicted molar refractivity (Wildman–Crippen MR) is 115 cm³/mol. The number of rotatable bonds is 4. The van der Waals surface area contributed by atoms with E-state index in [2.05, 4.69) is 4.90 Å². The number of nitrogens with zero attached hydrogens (tertiary/aromatic N) is 3. The van der Waals surface area contributed by atoms with Gasteiger partial charge in [-0.1, -0.05) is 24.6 Å². The first-order valence-corrected chi connectivity index (χ1v) is 11.7. The second-order valence-electron chi connectivity index (χ2n) is 7.31. The van der Waals surface area contributed by atoms with E-state index in [1.165, 1.54) is 0 Å². The van der Waals surface area contributed by atoms with Crippen LogP contribution >= 0.6 is 11.6 Å². The van der Waals surface area contributed by atoms with Crippen LogP contribution in [0.25, 0.3) is 0 Å². The summed E-state index contributed by atoms with van der Waals surface area (Å²) in [5, 5.41) is 0.672. The van der Waals surface area contributed by atoms with Crippen LogP contribution in [-0.2, 0) is 21.2 Å². The van der Waals surface area contributed by atoms with E-state index in [9.17, 15) is 13.2 Å². The van der Waals surface area contributed by atoms with Gasteiger partial charge in [0, 0.05) is 55.5 Å². The number of carbonyl (C=O) groups excluding carboxylic acids is 1. The monoisotopic (exact) mass is 433 g/mol. The Bertz CT molecular complexity index is 1030. The quantitative estimate of drug-likeness (QED) is 0.743. The average Bonchev–Trinajstić information content (AvgIpc) is 3.16. The molecule has 2 aliphatic rings. The Labute approximate surface area is 176 Å². The maximum atomic E-state index is 13.2. The number of hydrogen-bond acceptors (Lipinski definition) is 4. The van der Waals surface area contributed by atoms with Crippen molar-refractivity contribution in [1.29, 1.82) is 0 Å². The molecule has 0 bridgehead atoms. The molecule has 0 radical (unpaired) electrons. The molecule has 29 heavy (non-hydrogen) atoms. The largest absolute Gasteiger partial charge is 0.369 e. The van der Waals surface area contributed by atoms with Crippen LogP contribution in [0.3, 0.4) is 0 Å². The molecule has 0 aliphatic carbocycles. The highest BCUT2D eigenvalue weighted by molar-refractivity contribution is 7.89. The summed E-state index contributed by atoms with van der Waals surface area (Å²) < 4.78 is 27.9. The van der Waals surface area contributed by atoms with Gasteiger partial charge in [-0.2, -0.15) is 4.31 Å². The number of sulfonamides is 1. The minimum absolute atomic E-state index is 0.0662. The number of benzene rings is 2. The van der Waals surface area contributed by atoms with Crippen molar-refractivity contribution in [2.45, 2.75) is 24.7 Å². The zero-order chi connectivity index (χ0) is 20.6. The minimum Gasteiger partial charge on any atom is -0.369 e. The Morgan fingerprint density at radius 2 is 1.79 bits per heavy atom. The van der Waals surface area contributed by atoms with E-state index in [1.54, 1.807) is 27.4 Å². The van der Waals surface area contributed by atoms with Crippen molar-refractivity contribution in [3.63, 3.8) is 0 Å². The fourth-order valence-corrected chi connectivity index (χ4v) is 5.65. The Balaban J connectivity index is 1.49. The number of carbonyl (C=O) groups is 1. The number of piperazine rings is 1. The van der Waals surface area contributed by atoms with Gasteiger partial charge in [-0.15, -0.1) is 0 Å². The first-order valence-electron chi connectivity index (χ1n) is 9.84. The summed E-state index contributed by atoms with van der Waals surface area (Å²) in [6, 6.07) is 12.7. The molecule has 0 aromatic heterocycles. The van der Waals surface area contributed by atoms with Gasteiger partial charge in [-0.25, -0.2) is 8.42 Å². The maximum absolute atomic E-state index is 13.2. The normalized spacial score (nSPS) is 17.4. The molecule has 2 heterocycles. The molecule has 0 unspecified atom stereocenters. The van der Waals surface area contributed by atoms with E-state index in [0.29, 0.717) is 55.5 Å². The van der Waals surface area contributed by atoms with Crippen LogP contribution in [0.15, 0.2) is 47.4 Å². The second kappa shape index (κ2) is 7.97. The minimum atomic E-state index is -3.56. The van der Waals surface area contributed by atoms with Crippen molar-refractivity contribution in [3.8, 4) is 0 Å². The highest BCUT2D eigenvalue weighted by atomic mass is 35.5. The number of anilines is 2. The van der Waals surface area contributed by atoms with E-state index >= 15 is 0 Å². The molecule has 2 aromatic carbocycles. The van der Waals surface area contributed by atoms with Gasteiger partial charge in [0.15, 0.2) is 0 Å². The molecular formula is C21H24ClN3O3S. The Morgan fingerprint density at radius 3 is 2.48 bits per heavy atom. The van der Waals surface area contributed by atoms with Gasteiger partial charge in [-0.05, 0) is 48.4 Å². The third-order valence-electron chi connectivity index (χ3n) is 5.60. The van der Waals surface area contributed by atoms with Crippen LogP contribution < -0.4 is 9.80 Å². The first kappa shape index (κ1) is 20.2. The number of fused-ring (bicyclic) bond motifs is 1. The summed E-state index contributed by atoms with van der Waals surface area (Å²) in [5.41, 5.74) is 2.76. The van der Waals surface area contributed by atoms with Crippen molar-refractivity contribution in [3.05, 3.63) is 53.1 Å². The Kier molecular flexibility index (Phi) is 5.55. The summed E-state index contributed by atoms with van der Waals surface area (Å²) in [7, 11) is -3.56. The lowest BCUT2D eigenvalue weighted by molar-refractivity contribution is -0.118. The van der Waals surface area contributed by atoms with Gasteiger partial charge >= 0.3 is 0 Å². The molecule has 6 nitrogen and oxygen atoms in total. The molecule has 1 fully saturated rings. The van der Waals surface area contributed by atoms with Crippen molar-refractivity contribution in [2.24, 2.45) is 0 Å². The lowest BCUT2D eigenvalue weighted by Crippen LogP contribution is -2.48. The highest BCUT2D eigenvalue weighted by Gasteiger charge is 2.31. The van der Waals surface area contributed by atoms with Crippen molar-refractivity contribution in [1.82, 2.24) is 4.31 Å². The summed E-state index contributed by atoms with van der Waals surface area (Å²) in [5.74, 6) is 0.0662. The predicted octanol–water partition coefficient (Wildman–Crippen LogP) is 3.15. The van der Waals surface area contributed by atoms with Crippen molar-refractivity contribution < 1.29 is 13.2 Å². The molecule has 4 rings (SSSR count). The lowest BCUT2D eigenvalue weighted by Gasteiger charge is -2.35. The zero-order valence-electron chi connectivity index (χ0n) is 16.3. The lowest BCUT2D eigenvalue weighted by atomic mass is 10.2. The van der Waals surface area contributed by atoms with Crippen molar-refractivity contribution in [2.75, 3.05) is 42.5 Å². The molecule has 8 heteroatoms. The molecule has 1 amide bonds. The maximum Gasteiger partial charge on any atom is 0.243 e. The van der Waals surface area contributed by atoms with E-state index in [4.69, 9.17) is 11.6 Å². The Morgan fingerprint density at radius 1 is 1.03 bits per heavy atom. The molecule has 0 spiro atoms. The molecule has 2 aliphatic heterocycles. The van der Waals surface area contributed by atoms with Crippen LogP contribution in [-0.4, -0.2) is 51.4 Å². The summed E-state index contributed by atoms with van der Waals surface area (Å²) in [6.07, 6.45) is 1.13. The topological polar surface area (TPSA) is 60.9 Å². The van der Waals surface area contributed by atoms with Gasteiger partial charge in [0.05, 0.1) is 4.90 Å². The van der Waals surface area contributed by atoms with E-state index in [-0.39, 0.29) is 5.91 Å². The van der Waals surface area contributed by atoms with Gasteiger partial charge in [-0.3, -0.25) is 4.79 Å². The van der Waals surface area contributed by atoms with Gasteiger partial charge in [0.1, 0.15) is 0 Å².